The molecule has 3 aromatic carbocycles. The van der Waals surface area contributed by atoms with E-state index in [2.05, 4.69) is 58.7 Å². The van der Waals surface area contributed by atoms with Gasteiger partial charge < -0.3 is 0 Å². The van der Waals surface area contributed by atoms with Crippen LogP contribution in [0.4, 0.5) is 4.39 Å². The van der Waals surface area contributed by atoms with Crippen molar-refractivity contribution in [2.45, 2.75) is 27.7 Å². The molecule has 0 fully saturated rings. The average molecular weight is 438 g/mol. The number of hydrogen-bond donors (Lipinski definition) is 0. The van der Waals surface area contributed by atoms with Crippen molar-refractivity contribution in [3.05, 3.63) is 102 Å². The second-order valence-corrected chi connectivity index (χ2v) is 9.27. The first-order chi connectivity index (χ1) is 15.8. The highest BCUT2D eigenvalue weighted by molar-refractivity contribution is 6.14. The molecule has 166 valence electrons. The van der Waals surface area contributed by atoms with E-state index in [1.165, 1.54) is 17.7 Å². The van der Waals surface area contributed by atoms with Gasteiger partial charge in [-0.1, -0.05) is 63.1 Å². The van der Waals surface area contributed by atoms with Gasteiger partial charge >= 0.3 is 0 Å². The summed E-state index contributed by atoms with van der Waals surface area (Å²) >= 11 is 0. The Morgan fingerprint density at radius 1 is 1.06 bits per heavy atom. The average Bonchev–Trinajstić information content (AvgIpc) is 3.18. The Kier molecular flexibility index (Phi) is 5.20. The van der Waals surface area contributed by atoms with Crippen molar-refractivity contribution in [2.24, 2.45) is 11.8 Å². The molecule has 1 aliphatic rings. The lowest BCUT2D eigenvalue weighted by Crippen LogP contribution is -2.19. The molecule has 0 saturated heterocycles. The van der Waals surface area contributed by atoms with Crippen LogP contribution in [-0.2, 0) is 0 Å². The van der Waals surface area contributed by atoms with Crippen molar-refractivity contribution in [3.63, 3.8) is 0 Å². The molecule has 0 amide bonds. The number of nitrogens with zero attached hydrogens (tertiary/aromatic N) is 1. The Morgan fingerprint density at radius 2 is 1.82 bits per heavy atom. The molecule has 0 saturated carbocycles. The molecule has 2 heterocycles. The molecule has 3 heteroatoms. The molecule has 1 unspecified atom stereocenters. The van der Waals surface area contributed by atoms with E-state index in [0.717, 1.165) is 50.2 Å². The van der Waals surface area contributed by atoms with Crippen molar-refractivity contribution >= 4 is 28.7 Å². The summed E-state index contributed by atoms with van der Waals surface area (Å²) < 4.78 is 22.1. The number of para-hydroxylation sites is 1. The molecule has 2 nitrogen and oxygen atoms in total. The van der Waals surface area contributed by atoms with E-state index < -0.39 is 0 Å². The zero-order valence-electron chi connectivity index (χ0n) is 19.5. The van der Waals surface area contributed by atoms with E-state index in [-0.39, 0.29) is 5.82 Å². The van der Waals surface area contributed by atoms with Crippen LogP contribution in [0.1, 0.15) is 31.9 Å². The number of aryl methyl sites for hydroxylation is 1. The third-order valence-electron chi connectivity index (χ3n) is 6.84. The lowest BCUT2D eigenvalue weighted by Gasteiger charge is -2.25. The number of furan rings is 1. The smallest absolute Gasteiger partial charge is 0.278 e. The second-order valence-electron chi connectivity index (χ2n) is 9.27. The fourth-order valence-electron chi connectivity index (χ4n) is 4.63. The van der Waals surface area contributed by atoms with Gasteiger partial charge in [-0.05, 0) is 52.6 Å². The lowest BCUT2D eigenvalue weighted by atomic mass is 9.85. The van der Waals surface area contributed by atoms with Gasteiger partial charge in [-0.15, -0.1) is 18.2 Å². The molecule has 0 N–H and O–H groups in total. The minimum absolute atomic E-state index is 0.241. The summed E-state index contributed by atoms with van der Waals surface area (Å²) in [7, 11) is 0. The first-order valence-corrected chi connectivity index (χ1v) is 11.4. The Morgan fingerprint density at radius 3 is 2.55 bits per heavy atom. The SMILES string of the molecule is C=[N+]1C=CC(C(C)C(C)C)=C[C-]1c1c(C)cc(-c2ccc(F)cc2)c2c1[o+][c-]1ccccc21. The minimum atomic E-state index is -0.241. The Hall–Kier alpha value is -3.59. The van der Waals surface area contributed by atoms with E-state index in [0.29, 0.717) is 11.8 Å². The van der Waals surface area contributed by atoms with E-state index in [1.807, 2.05) is 41.1 Å². The standard InChI is InChI=1S/C30H28FNO/c1-18(2)20(4)22-14-15-32(5)26(17-22)28-19(3)16-25(21-10-12-23(31)13-11-21)29-24-8-6-7-9-27(24)33-30(28)29/h6-18,20H,5H2,1-4H3. The van der Waals surface area contributed by atoms with Crippen molar-refractivity contribution < 1.29 is 13.4 Å². The van der Waals surface area contributed by atoms with Gasteiger partial charge in [0.15, 0.2) is 6.04 Å². The number of allylic oxidation sites excluding steroid dienone is 2. The molecule has 4 aromatic rings. The summed E-state index contributed by atoms with van der Waals surface area (Å²) in [6, 6.07) is 18.0. The lowest BCUT2D eigenvalue weighted by molar-refractivity contribution is -0.418. The predicted octanol–water partition coefficient (Wildman–Crippen LogP) is 8.04. The topological polar surface area (TPSA) is 14.3 Å². The summed E-state index contributed by atoms with van der Waals surface area (Å²) in [6.07, 6.45) is 6.43. The highest BCUT2D eigenvalue weighted by Gasteiger charge is 2.29. The quantitative estimate of drug-likeness (QED) is 0.179. The third-order valence-corrected chi connectivity index (χ3v) is 6.84. The first kappa shape index (κ1) is 21.3. The Labute approximate surface area is 194 Å². The van der Waals surface area contributed by atoms with Gasteiger partial charge in [0, 0.05) is 5.39 Å². The van der Waals surface area contributed by atoms with Crippen LogP contribution in [0.25, 0.3) is 33.1 Å². The van der Waals surface area contributed by atoms with Crippen molar-refractivity contribution in [1.82, 2.24) is 0 Å². The van der Waals surface area contributed by atoms with Crippen LogP contribution < -0.4 is 0 Å². The number of hydrogen-bond acceptors (Lipinski definition) is 0. The monoisotopic (exact) mass is 437 g/mol. The highest BCUT2D eigenvalue weighted by Crippen LogP contribution is 2.43. The van der Waals surface area contributed by atoms with Gasteiger partial charge in [0.05, 0.1) is 12.3 Å². The van der Waals surface area contributed by atoms with Crippen LogP contribution in [0.5, 0.6) is 0 Å². The van der Waals surface area contributed by atoms with Crippen LogP contribution >= 0.6 is 0 Å². The van der Waals surface area contributed by atoms with Crippen LogP contribution in [0.2, 0.25) is 0 Å². The molecule has 1 aromatic heterocycles. The second kappa shape index (κ2) is 8.08. The maximum absolute atomic E-state index is 13.6. The maximum atomic E-state index is 13.6. The Balaban J connectivity index is 1.80. The zero-order valence-corrected chi connectivity index (χ0v) is 19.5. The number of fused-ring (bicyclic) bond motifs is 3. The number of benzene rings is 3. The van der Waals surface area contributed by atoms with E-state index in [9.17, 15) is 4.39 Å². The molecular weight excluding hydrogens is 409 g/mol. The van der Waals surface area contributed by atoms with Crippen molar-refractivity contribution in [2.75, 3.05) is 0 Å². The first-order valence-electron chi connectivity index (χ1n) is 11.4. The molecule has 33 heavy (non-hydrogen) atoms. The third kappa shape index (κ3) is 3.58. The normalized spacial score (nSPS) is 15.0. The van der Waals surface area contributed by atoms with E-state index in [1.54, 1.807) is 0 Å². The number of rotatable bonds is 4. The van der Waals surface area contributed by atoms with Gasteiger partial charge in [-0.25, -0.2) is 4.39 Å². The Bertz CT molecular complexity index is 1440. The minimum Gasteiger partial charge on any atom is -0.286 e. The largest absolute Gasteiger partial charge is 0.286 e. The summed E-state index contributed by atoms with van der Waals surface area (Å²) in [6.45, 7) is 13.1. The molecule has 1 aliphatic heterocycles. The highest BCUT2D eigenvalue weighted by atomic mass is 19.1. The molecule has 5 rings (SSSR count). The summed E-state index contributed by atoms with van der Waals surface area (Å²) in [5.74, 6) is 0.719. The summed E-state index contributed by atoms with van der Waals surface area (Å²) in [4.78, 5) is 0. The maximum Gasteiger partial charge on any atom is 0.278 e. The van der Waals surface area contributed by atoms with Crippen molar-refractivity contribution in [1.29, 1.82) is 0 Å². The van der Waals surface area contributed by atoms with E-state index in [4.69, 9.17) is 4.42 Å². The van der Waals surface area contributed by atoms with Crippen LogP contribution in [0, 0.1) is 30.6 Å². The van der Waals surface area contributed by atoms with Gasteiger partial charge in [0.1, 0.15) is 12.0 Å². The molecule has 0 spiro atoms. The summed E-state index contributed by atoms with van der Waals surface area (Å²) in [5.41, 5.74) is 7.09. The zero-order chi connectivity index (χ0) is 23.3. The molecule has 1 atom stereocenters. The molecule has 0 aliphatic carbocycles. The van der Waals surface area contributed by atoms with Crippen molar-refractivity contribution in [3.8, 4) is 11.1 Å². The van der Waals surface area contributed by atoms with Gasteiger partial charge in [0.2, 0.25) is 0 Å². The summed E-state index contributed by atoms with van der Waals surface area (Å²) in [5, 5.41) is 2.09. The fraction of sp³-hybridized carbons (Fsp3) is 0.200. The molecule has 0 bridgehead atoms. The number of halogens is 1. The predicted molar refractivity (Wildman–Crippen MR) is 135 cm³/mol. The molecule has 0 radical (unpaired) electrons. The van der Waals surface area contributed by atoms with Crippen LogP contribution in [0.3, 0.4) is 0 Å². The van der Waals surface area contributed by atoms with Gasteiger partial charge in [-0.3, -0.25) is 8.99 Å². The van der Waals surface area contributed by atoms with Gasteiger partial charge in [-0.2, -0.15) is 0 Å². The molecular formula is C30H28FNO. The fourth-order valence-corrected chi connectivity index (χ4v) is 4.63. The van der Waals surface area contributed by atoms with E-state index >= 15 is 0 Å². The van der Waals surface area contributed by atoms with Crippen LogP contribution in [-0.4, -0.2) is 11.3 Å². The van der Waals surface area contributed by atoms with Crippen LogP contribution in [0.15, 0.2) is 82.9 Å². The van der Waals surface area contributed by atoms with Gasteiger partial charge in [0.25, 0.3) is 11.2 Å².